The maximum absolute atomic E-state index is 12.9. The van der Waals surface area contributed by atoms with E-state index in [1.807, 2.05) is 12.1 Å². The van der Waals surface area contributed by atoms with Crippen LogP contribution in [0.15, 0.2) is 24.3 Å². The topological polar surface area (TPSA) is 74.8 Å². The SMILES string of the molecule is O=C(C1CS(=O)(=O)CN1C(=O)CC1Cc2ccccc2C1)N1CCCC1. The number of rotatable bonds is 3. The molecule has 1 unspecified atom stereocenters. The Morgan fingerprint density at radius 1 is 1.04 bits per heavy atom. The van der Waals surface area contributed by atoms with Gasteiger partial charge in [-0.2, -0.15) is 0 Å². The van der Waals surface area contributed by atoms with Gasteiger partial charge in [-0.1, -0.05) is 24.3 Å². The van der Waals surface area contributed by atoms with E-state index in [0.29, 0.717) is 19.5 Å². The lowest BCUT2D eigenvalue weighted by atomic mass is 10.0. The molecule has 0 aromatic heterocycles. The summed E-state index contributed by atoms with van der Waals surface area (Å²) in [6.45, 7) is 1.32. The van der Waals surface area contributed by atoms with Crippen molar-refractivity contribution < 1.29 is 18.0 Å². The molecule has 0 bridgehead atoms. The molecular weight excluding hydrogens is 352 g/mol. The number of sulfone groups is 1. The number of hydrogen-bond acceptors (Lipinski definition) is 4. The summed E-state index contributed by atoms with van der Waals surface area (Å²) < 4.78 is 24.3. The number of carbonyl (C=O) groups excluding carboxylic acids is 2. The predicted octanol–water partition coefficient (Wildman–Crippen LogP) is 0.997. The van der Waals surface area contributed by atoms with Crippen molar-refractivity contribution in [3.8, 4) is 0 Å². The van der Waals surface area contributed by atoms with E-state index in [0.717, 1.165) is 25.7 Å². The molecule has 3 aliphatic rings. The van der Waals surface area contributed by atoms with Gasteiger partial charge in [-0.05, 0) is 42.7 Å². The number of benzene rings is 1. The molecule has 26 heavy (non-hydrogen) atoms. The minimum atomic E-state index is -3.39. The van der Waals surface area contributed by atoms with E-state index in [1.54, 1.807) is 4.90 Å². The maximum atomic E-state index is 12.9. The first-order chi connectivity index (χ1) is 12.4. The Bertz CT molecular complexity index is 805. The molecule has 7 heteroatoms. The van der Waals surface area contributed by atoms with E-state index in [-0.39, 0.29) is 29.4 Å². The Morgan fingerprint density at radius 2 is 1.65 bits per heavy atom. The zero-order chi connectivity index (χ0) is 18.3. The molecule has 0 saturated carbocycles. The van der Waals surface area contributed by atoms with Crippen LogP contribution in [-0.4, -0.2) is 60.8 Å². The first-order valence-electron chi connectivity index (χ1n) is 9.28. The average Bonchev–Trinajstić information content (AvgIpc) is 3.31. The molecule has 140 valence electrons. The van der Waals surface area contributed by atoms with Crippen LogP contribution < -0.4 is 0 Å². The Labute approximate surface area is 154 Å². The summed E-state index contributed by atoms with van der Waals surface area (Å²) in [5.41, 5.74) is 2.54. The zero-order valence-electron chi connectivity index (χ0n) is 14.8. The summed E-state index contributed by atoms with van der Waals surface area (Å²) >= 11 is 0. The van der Waals surface area contributed by atoms with Gasteiger partial charge in [0.2, 0.25) is 11.8 Å². The smallest absolute Gasteiger partial charge is 0.246 e. The van der Waals surface area contributed by atoms with Crippen molar-refractivity contribution in [3.05, 3.63) is 35.4 Å². The molecule has 2 aliphatic heterocycles. The fourth-order valence-electron chi connectivity index (χ4n) is 4.44. The van der Waals surface area contributed by atoms with Gasteiger partial charge in [0, 0.05) is 19.5 Å². The van der Waals surface area contributed by atoms with Crippen LogP contribution in [0.2, 0.25) is 0 Å². The monoisotopic (exact) mass is 376 g/mol. The number of fused-ring (bicyclic) bond motifs is 1. The van der Waals surface area contributed by atoms with Crippen LogP contribution in [0.4, 0.5) is 0 Å². The van der Waals surface area contributed by atoms with Gasteiger partial charge in [-0.25, -0.2) is 8.42 Å². The minimum Gasteiger partial charge on any atom is -0.341 e. The van der Waals surface area contributed by atoms with Crippen LogP contribution in [0.25, 0.3) is 0 Å². The second-order valence-corrected chi connectivity index (χ2v) is 9.78. The van der Waals surface area contributed by atoms with Crippen LogP contribution in [-0.2, 0) is 32.3 Å². The van der Waals surface area contributed by atoms with Gasteiger partial charge in [-0.3, -0.25) is 9.59 Å². The lowest BCUT2D eigenvalue weighted by Gasteiger charge is -2.27. The molecule has 6 nitrogen and oxygen atoms in total. The molecule has 1 aliphatic carbocycles. The van der Waals surface area contributed by atoms with Gasteiger partial charge in [0.1, 0.15) is 11.9 Å². The molecule has 1 aromatic carbocycles. The normalized spacial score (nSPS) is 24.8. The van der Waals surface area contributed by atoms with Crippen molar-refractivity contribution >= 4 is 21.7 Å². The van der Waals surface area contributed by atoms with Gasteiger partial charge >= 0.3 is 0 Å². The van der Waals surface area contributed by atoms with Crippen LogP contribution in [0.3, 0.4) is 0 Å². The zero-order valence-corrected chi connectivity index (χ0v) is 15.6. The summed E-state index contributed by atoms with van der Waals surface area (Å²) in [4.78, 5) is 28.6. The summed E-state index contributed by atoms with van der Waals surface area (Å²) in [5.74, 6) is -0.784. The van der Waals surface area contributed by atoms with E-state index in [1.165, 1.54) is 16.0 Å². The quantitative estimate of drug-likeness (QED) is 0.789. The van der Waals surface area contributed by atoms with Gasteiger partial charge in [-0.15, -0.1) is 0 Å². The van der Waals surface area contributed by atoms with Crippen LogP contribution >= 0.6 is 0 Å². The van der Waals surface area contributed by atoms with Crippen molar-refractivity contribution in [1.29, 1.82) is 0 Å². The summed E-state index contributed by atoms with van der Waals surface area (Å²) in [6.07, 6.45) is 3.87. The number of hydrogen-bond donors (Lipinski definition) is 0. The Kier molecular flexibility index (Phi) is 4.50. The largest absolute Gasteiger partial charge is 0.341 e. The lowest BCUT2D eigenvalue weighted by molar-refractivity contribution is -0.143. The van der Waals surface area contributed by atoms with Crippen LogP contribution in [0, 0.1) is 5.92 Å². The van der Waals surface area contributed by atoms with Gasteiger partial charge < -0.3 is 9.80 Å². The number of nitrogens with zero attached hydrogens (tertiary/aromatic N) is 2. The highest BCUT2D eigenvalue weighted by Gasteiger charge is 2.44. The molecule has 1 atom stereocenters. The Hall–Kier alpha value is -1.89. The highest BCUT2D eigenvalue weighted by atomic mass is 32.2. The Balaban J connectivity index is 1.46. The molecule has 0 radical (unpaired) electrons. The standard InChI is InChI=1S/C19H24N2O4S/c22-18(11-14-9-15-5-1-2-6-16(15)10-14)21-13-26(24,25)12-17(21)19(23)20-7-3-4-8-20/h1-2,5-6,14,17H,3-4,7-13H2. The second-order valence-electron chi connectivity index (χ2n) is 7.70. The van der Waals surface area contributed by atoms with E-state index in [4.69, 9.17) is 0 Å². The van der Waals surface area contributed by atoms with Gasteiger partial charge in [0.25, 0.3) is 0 Å². The minimum absolute atomic E-state index is 0.186. The van der Waals surface area contributed by atoms with Crippen molar-refractivity contribution in [2.24, 2.45) is 5.92 Å². The fraction of sp³-hybridized carbons (Fsp3) is 0.579. The molecule has 2 fully saturated rings. The molecule has 2 heterocycles. The van der Waals surface area contributed by atoms with Crippen molar-refractivity contribution in [2.75, 3.05) is 24.7 Å². The van der Waals surface area contributed by atoms with Crippen LogP contribution in [0.1, 0.15) is 30.4 Å². The third-order valence-corrected chi connectivity index (χ3v) is 7.24. The third kappa shape index (κ3) is 3.37. The van der Waals surface area contributed by atoms with E-state index in [2.05, 4.69) is 12.1 Å². The van der Waals surface area contributed by atoms with Gasteiger partial charge in [0.15, 0.2) is 9.84 Å². The molecule has 0 N–H and O–H groups in total. The number of amides is 2. The first kappa shape index (κ1) is 17.5. The maximum Gasteiger partial charge on any atom is 0.246 e. The summed E-state index contributed by atoms with van der Waals surface area (Å²) in [5, 5.41) is 0. The highest BCUT2D eigenvalue weighted by molar-refractivity contribution is 7.91. The average molecular weight is 376 g/mol. The van der Waals surface area contributed by atoms with Crippen molar-refractivity contribution in [1.82, 2.24) is 9.80 Å². The van der Waals surface area contributed by atoms with Crippen LogP contribution in [0.5, 0.6) is 0 Å². The first-order valence-corrected chi connectivity index (χ1v) is 11.1. The predicted molar refractivity (Wildman–Crippen MR) is 97.1 cm³/mol. The number of carbonyl (C=O) groups is 2. The number of likely N-dealkylation sites (tertiary alicyclic amines) is 1. The molecule has 0 spiro atoms. The highest BCUT2D eigenvalue weighted by Crippen LogP contribution is 2.30. The van der Waals surface area contributed by atoms with E-state index in [9.17, 15) is 18.0 Å². The van der Waals surface area contributed by atoms with Gasteiger partial charge in [0.05, 0.1) is 5.75 Å². The Morgan fingerprint density at radius 3 is 2.27 bits per heavy atom. The summed E-state index contributed by atoms with van der Waals surface area (Å²) in [6, 6.07) is 7.33. The van der Waals surface area contributed by atoms with Crippen molar-refractivity contribution in [3.63, 3.8) is 0 Å². The summed E-state index contributed by atoms with van der Waals surface area (Å²) in [7, 11) is -3.39. The fourth-order valence-corrected chi connectivity index (χ4v) is 6.10. The van der Waals surface area contributed by atoms with Crippen molar-refractivity contribution in [2.45, 2.75) is 38.1 Å². The second kappa shape index (κ2) is 6.68. The molecule has 1 aromatic rings. The van der Waals surface area contributed by atoms with E-state index >= 15 is 0 Å². The molecule has 2 amide bonds. The van der Waals surface area contributed by atoms with E-state index < -0.39 is 15.9 Å². The molecule has 4 rings (SSSR count). The molecular formula is C19H24N2O4S. The molecule has 2 saturated heterocycles. The third-order valence-electron chi connectivity index (χ3n) is 5.75. The lowest BCUT2D eigenvalue weighted by Crippen LogP contribution is -2.48.